The Labute approximate surface area is 199 Å². The first-order valence-electron chi connectivity index (χ1n) is 10.8. The van der Waals surface area contributed by atoms with Gasteiger partial charge in [-0.05, 0) is 37.5 Å². The van der Waals surface area contributed by atoms with E-state index in [4.69, 9.17) is 9.73 Å². The molecule has 2 atom stereocenters. The molecule has 1 aliphatic carbocycles. The standard InChI is InChI=1S/C23H38N4O2.HI/c1-7-9-14-29-20-15-19(23(20,3)4)26-22(24-8-2)25-16-17-10-12-18(13-11-17)21(28)27(5)6;/h10-13,19-20H,7-9,14-16H2,1-6H3,(H2,24,25,26);1H. The van der Waals surface area contributed by atoms with E-state index < -0.39 is 0 Å². The van der Waals surface area contributed by atoms with Crippen molar-refractivity contribution in [3.8, 4) is 0 Å². The minimum atomic E-state index is 0. The van der Waals surface area contributed by atoms with Gasteiger partial charge in [0.25, 0.3) is 5.91 Å². The Kier molecular flexibility index (Phi) is 11.1. The second kappa shape index (κ2) is 12.5. The highest BCUT2D eigenvalue weighted by Gasteiger charge is 2.49. The van der Waals surface area contributed by atoms with Gasteiger partial charge in [0.15, 0.2) is 5.96 Å². The lowest BCUT2D eigenvalue weighted by molar-refractivity contribution is -0.113. The third-order valence-corrected chi connectivity index (χ3v) is 5.68. The fraction of sp³-hybridized carbons (Fsp3) is 0.652. The number of rotatable bonds is 9. The minimum Gasteiger partial charge on any atom is -0.378 e. The van der Waals surface area contributed by atoms with Crippen LogP contribution in [0.2, 0.25) is 0 Å². The highest BCUT2D eigenvalue weighted by molar-refractivity contribution is 14.0. The van der Waals surface area contributed by atoms with Crippen molar-refractivity contribution in [2.24, 2.45) is 10.4 Å². The molecule has 0 radical (unpaired) electrons. The first-order chi connectivity index (χ1) is 13.8. The summed E-state index contributed by atoms with van der Waals surface area (Å²) in [7, 11) is 3.52. The number of halogens is 1. The van der Waals surface area contributed by atoms with Gasteiger partial charge in [0.1, 0.15) is 0 Å². The topological polar surface area (TPSA) is 66.0 Å². The Morgan fingerprint density at radius 1 is 1.23 bits per heavy atom. The average Bonchev–Trinajstić information content (AvgIpc) is 2.70. The molecule has 170 valence electrons. The molecule has 1 aliphatic rings. The molecule has 1 aromatic carbocycles. The Bertz CT molecular complexity index is 689. The quantitative estimate of drug-likeness (QED) is 0.219. The molecule has 2 rings (SSSR count). The summed E-state index contributed by atoms with van der Waals surface area (Å²) in [6.45, 7) is 11.0. The van der Waals surface area contributed by atoms with Crippen molar-refractivity contribution in [1.82, 2.24) is 15.5 Å². The Morgan fingerprint density at radius 2 is 1.90 bits per heavy atom. The molecule has 0 bridgehead atoms. The number of guanidine groups is 1. The number of nitrogens with one attached hydrogen (secondary N) is 2. The maximum Gasteiger partial charge on any atom is 0.253 e. The highest BCUT2D eigenvalue weighted by atomic mass is 127. The van der Waals surface area contributed by atoms with E-state index in [9.17, 15) is 4.79 Å². The summed E-state index contributed by atoms with van der Waals surface area (Å²) < 4.78 is 6.05. The molecule has 6 nitrogen and oxygen atoms in total. The van der Waals surface area contributed by atoms with Crippen LogP contribution in [0.3, 0.4) is 0 Å². The molecule has 0 aromatic heterocycles. The molecule has 7 heteroatoms. The van der Waals surface area contributed by atoms with Crippen LogP contribution < -0.4 is 10.6 Å². The van der Waals surface area contributed by atoms with Crippen LogP contribution >= 0.6 is 24.0 Å². The summed E-state index contributed by atoms with van der Waals surface area (Å²) in [4.78, 5) is 18.3. The van der Waals surface area contributed by atoms with Crippen LogP contribution in [-0.2, 0) is 11.3 Å². The zero-order chi connectivity index (χ0) is 21.4. The molecule has 0 saturated heterocycles. The number of unbranched alkanes of at least 4 members (excludes halogenated alkanes) is 1. The van der Waals surface area contributed by atoms with E-state index in [2.05, 4.69) is 38.3 Å². The van der Waals surface area contributed by atoms with Gasteiger partial charge >= 0.3 is 0 Å². The van der Waals surface area contributed by atoms with Crippen molar-refractivity contribution < 1.29 is 9.53 Å². The third kappa shape index (κ3) is 7.11. The first kappa shape index (κ1) is 26.7. The summed E-state index contributed by atoms with van der Waals surface area (Å²) in [5, 5.41) is 6.92. The van der Waals surface area contributed by atoms with Crippen LogP contribution in [0.1, 0.15) is 62.9 Å². The van der Waals surface area contributed by atoms with Crippen molar-refractivity contribution in [1.29, 1.82) is 0 Å². The molecule has 2 unspecified atom stereocenters. The van der Waals surface area contributed by atoms with Gasteiger partial charge < -0.3 is 20.3 Å². The average molecular weight is 530 g/mol. The van der Waals surface area contributed by atoms with Crippen LogP contribution in [0.4, 0.5) is 0 Å². The molecular formula is C23H39IN4O2. The van der Waals surface area contributed by atoms with Crippen molar-refractivity contribution in [3.63, 3.8) is 0 Å². The van der Waals surface area contributed by atoms with Crippen molar-refractivity contribution in [3.05, 3.63) is 35.4 Å². The lowest BCUT2D eigenvalue weighted by atomic mass is 9.64. The fourth-order valence-electron chi connectivity index (χ4n) is 3.45. The van der Waals surface area contributed by atoms with E-state index in [1.54, 1.807) is 19.0 Å². The summed E-state index contributed by atoms with van der Waals surface area (Å²) >= 11 is 0. The number of amides is 1. The summed E-state index contributed by atoms with van der Waals surface area (Å²) in [6, 6.07) is 8.00. The molecule has 1 saturated carbocycles. The predicted molar refractivity (Wildman–Crippen MR) is 135 cm³/mol. The third-order valence-electron chi connectivity index (χ3n) is 5.68. The number of hydrogen-bond acceptors (Lipinski definition) is 3. The van der Waals surface area contributed by atoms with E-state index in [1.165, 1.54) is 0 Å². The number of aliphatic imine (C=N–C) groups is 1. The summed E-state index contributed by atoms with van der Waals surface area (Å²) in [5.74, 6) is 0.837. The fourth-order valence-corrected chi connectivity index (χ4v) is 3.45. The van der Waals surface area contributed by atoms with Gasteiger partial charge in [-0.3, -0.25) is 4.79 Å². The number of nitrogens with zero attached hydrogens (tertiary/aromatic N) is 2. The lowest BCUT2D eigenvalue weighted by Gasteiger charge is -2.52. The number of hydrogen-bond donors (Lipinski definition) is 2. The molecule has 0 spiro atoms. The minimum absolute atomic E-state index is 0. The molecule has 1 amide bonds. The van der Waals surface area contributed by atoms with Crippen molar-refractivity contribution in [2.75, 3.05) is 27.2 Å². The molecule has 1 aromatic rings. The Morgan fingerprint density at radius 3 is 2.43 bits per heavy atom. The van der Waals surface area contributed by atoms with E-state index in [1.807, 2.05) is 24.3 Å². The van der Waals surface area contributed by atoms with Gasteiger partial charge in [-0.2, -0.15) is 0 Å². The second-order valence-corrected chi connectivity index (χ2v) is 8.56. The number of ether oxygens (including phenoxy) is 1. The molecule has 2 N–H and O–H groups in total. The zero-order valence-corrected chi connectivity index (χ0v) is 21.7. The smallest absolute Gasteiger partial charge is 0.253 e. The first-order valence-corrected chi connectivity index (χ1v) is 10.8. The van der Waals surface area contributed by atoms with E-state index in [0.29, 0.717) is 24.3 Å². The van der Waals surface area contributed by atoms with Gasteiger partial charge in [0.05, 0.1) is 12.6 Å². The van der Waals surface area contributed by atoms with Gasteiger partial charge in [0, 0.05) is 44.3 Å². The monoisotopic (exact) mass is 530 g/mol. The lowest BCUT2D eigenvalue weighted by Crippen LogP contribution is -2.63. The van der Waals surface area contributed by atoms with Crippen LogP contribution in [0.5, 0.6) is 0 Å². The van der Waals surface area contributed by atoms with E-state index in [-0.39, 0.29) is 35.3 Å². The molecule has 1 fully saturated rings. The highest BCUT2D eigenvalue weighted by Crippen LogP contribution is 2.42. The van der Waals surface area contributed by atoms with Crippen LogP contribution in [0.15, 0.2) is 29.3 Å². The zero-order valence-electron chi connectivity index (χ0n) is 19.3. The predicted octanol–water partition coefficient (Wildman–Crippen LogP) is 4.05. The summed E-state index contributed by atoms with van der Waals surface area (Å²) in [5.41, 5.74) is 1.85. The van der Waals surface area contributed by atoms with Crippen LogP contribution in [0.25, 0.3) is 0 Å². The van der Waals surface area contributed by atoms with E-state index >= 15 is 0 Å². The number of carbonyl (C=O) groups excluding carboxylic acids is 1. The largest absolute Gasteiger partial charge is 0.378 e. The van der Waals surface area contributed by atoms with E-state index in [0.717, 1.165) is 43.9 Å². The molecule has 30 heavy (non-hydrogen) atoms. The maximum atomic E-state index is 12.0. The molecular weight excluding hydrogens is 491 g/mol. The van der Waals surface area contributed by atoms with Gasteiger partial charge in [-0.25, -0.2) is 4.99 Å². The number of carbonyl (C=O) groups is 1. The van der Waals surface area contributed by atoms with Crippen LogP contribution in [0, 0.1) is 5.41 Å². The second-order valence-electron chi connectivity index (χ2n) is 8.56. The van der Waals surface area contributed by atoms with Gasteiger partial charge in [-0.1, -0.05) is 39.3 Å². The number of benzene rings is 1. The van der Waals surface area contributed by atoms with Crippen molar-refractivity contribution >= 4 is 35.8 Å². The Hall–Kier alpha value is -1.35. The SMILES string of the molecule is CCCCOC1CC(NC(=NCc2ccc(C(=O)N(C)C)cc2)NCC)C1(C)C.I. The Balaban J connectivity index is 0.00000450. The summed E-state index contributed by atoms with van der Waals surface area (Å²) in [6.07, 6.45) is 3.59. The van der Waals surface area contributed by atoms with Gasteiger partial charge in [-0.15, -0.1) is 24.0 Å². The molecule has 0 aliphatic heterocycles. The van der Waals surface area contributed by atoms with Gasteiger partial charge in [0.2, 0.25) is 0 Å². The van der Waals surface area contributed by atoms with Crippen LogP contribution in [-0.4, -0.2) is 56.2 Å². The normalized spacial score (nSPS) is 20.0. The molecule has 0 heterocycles. The van der Waals surface area contributed by atoms with Crippen molar-refractivity contribution in [2.45, 2.75) is 65.6 Å². The maximum absolute atomic E-state index is 12.0.